The van der Waals surface area contributed by atoms with E-state index in [2.05, 4.69) is 10.4 Å². The van der Waals surface area contributed by atoms with Crippen LogP contribution in [0.5, 0.6) is 5.75 Å². The van der Waals surface area contributed by atoms with Crippen LogP contribution in [-0.2, 0) is 4.79 Å². The maximum atomic E-state index is 13.7. The molecule has 0 radical (unpaired) electrons. The van der Waals surface area contributed by atoms with Gasteiger partial charge in [0.05, 0.1) is 24.4 Å². The van der Waals surface area contributed by atoms with E-state index >= 15 is 0 Å². The third-order valence-corrected chi connectivity index (χ3v) is 6.34. The minimum Gasteiger partial charge on any atom is -0.494 e. The summed E-state index contributed by atoms with van der Waals surface area (Å²) >= 11 is 0. The number of ether oxygens (including phenoxy) is 1. The van der Waals surface area contributed by atoms with Gasteiger partial charge in [-0.05, 0) is 68.3 Å². The van der Waals surface area contributed by atoms with Gasteiger partial charge in [-0.25, -0.2) is 4.68 Å². The van der Waals surface area contributed by atoms with Crippen molar-refractivity contribution < 1.29 is 14.3 Å². The van der Waals surface area contributed by atoms with Crippen molar-refractivity contribution in [3.05, 3.63) is 90.9 Å². The van der Waals surface area contributed by atoms with Gasteiger partial charge in [-0.3, -0.25) is 9.59 Å². The molecular weight excluding hydrogens is 454 g/mol. The number of amides is 2. The van der Waals surface area contributed by atoms with Crippen molar-refractivity contribution in [2.75, 3.05) is 25.0 Å². The Morgan fingerprint density at radius 1 is 1.03 bits per heavy atom. The molecule has 0 aliphatic carbocycles. The van der Waals surface area contributed by atoms with E-state index in [1.807, 2.05) is 90.6 Å². The summed E-state index contributed by atoms with van der Waals surface area (Å²) in [7, 11) is 0. The first kappa shape index (κ1) is 23.4. The molecule has 1 fully saturated rings. The lowest BCUT2D eigenvalue weighted by Crippen LogP contribution is -2.44. The van der Waals surface area contributed by atoms with Crippen LogP contribution in [-0.4, -0.2) is 50.8 Å². The Bertz CT molecular complexity index is 1310. The number of aromatic nitrogens is 3. The van der Waals surface area contributed by atoms with E-state index in [4.69, 9.17) is 4.74 Å². The molecule has 0 bridgehead atoms. The van der Waals surface area contributed by atoms with Crippen molar-refractivity contribution in [2.24, 2.45) is 5.92 Å². The fraction of sp³-hybridized carbons (Fsp3) is 0.250. The lowest BCUT2D eigenvalue weighted by atomic mass is 9.96. The van der Waals surface area contributed by atoms with Gasteiger partial charge in [-0.1, -0.05) is 18.2 Å². The van der Waals surface area contributed by atoms with Crippen LogP contribution >= 0.6 is 0 Å². The third kappa shape index (κ3) is 4.88. The first-order valence-electron chi connectivity index (χ1n) is 12.2. The second-order valence-electron chi connectivity index (χ2n) is 8.76. The van der Waals surface area contributed by atoms with Crippen LogP contribution in [0.3, 0.4) is 0 Å². The van der Waals surface area contributed by atoms with Crippen molar-refractivity contribution >= 4 is 17.5 Å². The lowest BCUT2D eigenvalue weighted by Gasteiger charge is -2.32. The van der Waals surface area contributed by atoms with Gasteiger partial charge in [0.15, 0.2) is 5.82 Å². The average molecular weight is 484 g/mol. The molecule has 0 unspecified atom stereocenters. The van der Waals surface area contributed by atoms with Gasteiger partial charge in [-0.15, -0.1) is 0 Å². The predicted molar refractivity (Wildman–Crippen MR) is 138 cm³/mol. The summed E-state index contributed by atoms with van der Waals surface area (Å²) in [4.78, 5) is 28.5. The highest BCUT2D eigenvalue weighted by Gasteiger charge is 2.31. The molecule has 2 amide bonds. The van der Waals surface area contributed by atoms with Crippen molar-refractivity contribution in [2.45, 2.75) is 19.8 Å². The summed E-state index contributed by atoms with van der Waals surface area (Å²) < 4.78 is 9.13. The Balaban J connectivity index is 1.34. The van der Waals surface area contributed by atoms with Gasteiger partial charge in [0.1, 0.15) is 11.3 Å². The standard InChI is InChI=1S/C28H29N5O3/c1-2-36-24-14-12-22(13-15-24)30-26(34)21-9-8-18-32(20-21)28(35)25-19-29-33(23-10-4-3-5-11-23)27(25)31-16-6-7-17-31/h3-7,10-17,19,21H,2,8-9,18,20H2,1H3,(H,30,34)/t21-/m1/s1. The van der Waals surface area contributed by atoms with E-state index in [0.717, 1.165) is 24.3 Å². The van der Waals surface area contributed by atoms with Crippen LogP contribution in [0.15, 0.2) is 85.3 Å². The highest BCUT2D eigenvalue weighted by atomic mass is 16.5. The van der Waals surface area contributed by atoms with Crippen LogP contribution in [0.25, 0.3) is 11.5 Å². The van der Waals surface area contributed by atoms with Crippen LogP contribution in [0.2, 0.25) is 0 Å². The molecule has 184 valence electrons. The largest absolute Gasteiger partial charge is 0.494 e. The Morgan fingerprint density at radius 2 is 1.78 bits per heavy atom. The lowest BCUT2D eigenvalue weighted by molar-refractivity contribution is -0.121. The zero-order valence-corrected chi connectivity index (χ0v) is 20.2. The molecule has 1 N–H and O–H groups in total. The van der Waals surface area contributed by atoms with E-state index in [-0.39, 0.29) is 17.7 Å². The van der Waals surface area contributed by atoms with Crippen LogP contribution in [0.4, 0.5) is 5.69 Å². The van der Waals surface area contributed by atoms with Gasteiger partial charge >= 0.3 is 0 Å². The molecule has 8 heteroatoms. The molecule has 36 heavy (non-hydrogen) atoms. The van der Waals surface area contributed by atoms with Crippen LogP contribution in [0, 0.1) is 5.92 Å². The molecule has 1 aliphatic rings. The summed E-state index contributed by atoms with van der Waals surface area (Å²) in [6, 6.07) is 20.9. The van der Waals surface area contributed by atoms with E-state index in [1.54, 1.807) is 15.8 Å². The quantitative estimate of drug-likeness (QED) is 0.418. The van der Waals surface area contributed by atoms with E-state index in [1.165, 1.54) is 0 Å². The number of benzene rings is 2. The first-order chi connectivity index (χ1) is 17.6. The highest BCUT2D eigenvalue weighted by Crippen LogP contribution is 2.25. The summed E-state index contributed by atoms with van der Waals surface area (Å²) in [5.74, 6) is 0.951. The zero-order valence-electron chi connectivity index (χ0n) is 20.2. The fourth-order valence-corrected chi connectivity index (χ4v) is 4.57. The van der Waals surface area contributed by atoms with Crippen molar-refractivity contribution in [1.29, 1.82) is 0 Å². The Hall–Kier alpha value is -4.33. The number of likely N-dealkylation sites (tertiary alicyclic amines) is 1. The molecule has 2 aromatic heterocycles. The van der Waals surface area contributed by atoms with Crippen LogP contribution in [0.1, 0.15) is 30.1 Å². The molecule has 4 aromatic rings. The Morgan fingerprint density at radius 3 is 2.50 bits per heavy atom. The van der Waals surface area contributed by atoms with Crippen molar-refractivity contribution in [3.63, 3.8) is 0 Å². The van der Waals surface area contributed by atoms with Gasteiger partial charge in [0, 0.05) is 31.2 Å². The molecule has 2 aromatic carbocycles. The molecule has 0 saturated carbocycles. The molecule has 1 aliphatic heterocycles. The SMILES string of the molecule is CCOc1ccc(NC(=O)[C@@H]2CCCN(C(=O)c3cnn(-c4ccccc4)c3-n3cccc3)C2)cc1. The molecule has 5 rings (SSSR count). The van der Waals surface area contributed by atoms with E-state index in [9.17, 15) is 9.59 Å². The molecule has 1 saturated heterocycles. The Labute approximate surface area is 210 Å². The minimum absolute atomic E-state index is 0.0812. The first-order valence-corrected chi connectivity index (χ1v) is 12.2. The number of hydrogen-bond donors (Lipinski definition) is 1. The summed E-state index contributed by atoms with van der Waals surface area (Å²) in [6.45, 7) is 3.49. The summed E-state index contributed by atoms with van der Waals surface area (Å²) in [5.41, 5.74) is 2.08. The maximum absolute atomic E-state index is 13.7. The van der Waals surface area contributed by atoms with E-state index < -0.39 is 0 Å². The molecule has 1 atom stereocenters. The molecule has 3 heterocycles. The van der Waals surface area contributed by atoms with Gasteiger partial charge in [0.25, 0.3) is 5.91 Å². The number of piperidine rings is 1. The molecule has 8 nitrogen and oxygen atoms in total. The average Bonchev–Trinajstić information content (AvgIpc) is 3.60. The molecule has 0 spiro atoms. The van der Waals surface area contributed by atoms with Gasteiger partial charge in [0.2, 0.25) is 5.91 Å². The number of nitrogens with zero attached hydrogens (tertiary/aromatic N) is 4. The predicted octanol–water partition coefficient (Wildman–Crippen LogP) is 4.55. The Kier molecular flexibility index (Phi) is 6.84. The summed E-state index contributed by atoms with van der Waals surface area (Å²) in [6.07, 6.45) is 6.92. The third-order valence-electron chi connectivity index (χ3n) is 6.34. The number of nitrogens with one attached hydrogen (secondary N) is 1. The topological polar surface area (TPSA) is 81.4 Å². The second kappa shape index (κ2) is 10.5. The second-order valence-corrected chi connectivity index (χ2v) is 8.76. The normalized spacial score (nSPS) is 15.5. The summed E-state index contributed by atoms with van der Waals surface area (Å²) in [5, 5.41) is 7.53. The number of para-hydroxylation sites is 1. The number of anilines is 1. The maximum Gasteiger partial charge on any atom is 0.259 e. The van der Waals surface area contributed by atoms with Crippen molar-refractivity contribution in [1.82, 2.24) is 19.2 Å². The number of rotatable bonds is 7. The fourth-order valence-electron chi connectivity index (χ4n) is 4.57. The monoisotopic (exact) mass is 483 g/mol. The number of carbonyl (C=O) groups excluding carboxylic acids is 2. The van der Waals surface area contributed by atoms with E-state index in [0.29, 0.717) is 36.8 Å². The van der Waals surface area contributed by atoms with Crippen LogP contribution < -0.4 is 10.1 Å². The van der Waals surface area contributed by atoms with Gasteiger partial charge in [-0.2, -0.15) is 5.10 Å². The number of hydrogen-bond acceptors (Lipinski definition) is 4. The van der Waals surface area contributed by atoms with Crippen molar-refractivity contribution in [3.8, 4) is 17.3 Å². The number of carbonyl (C=O) groups is 2. The molecular formula is C28H29N5O3. The smallest absolute Gasteiger partial charge is 0.259 e. The van der Waals surface area contributed by atoms with Gasteiger partial charge < -0.3 is 19.5 Å². The highest BCUT2D eigenvalue weighted by molar-refractivity contribution is 5.98. The minimum atomic E-state index is -0.284. The zero-order chi connectivity index (χ0) is 24.9.